The lowest BCUT2D eigenvalue weighted by Crippen LogP contribution is -2.43. The van der Waals surface area contributed by atoms with Crippen LogP contribution in [0.25, 0.3) is 10.8 Å². The lowest BCUT2D eigenvalue weighted by Gasteiger charge is -2.16. The summed E-state index contributed by atoms with van der Waals surface area (Å²) in [7, 11) is 1.31. The van der Waals surface area contributed by atoms with Crippen LogP contribution in [-0.2, 0) is 27.2 Å². The summed E-state index contributed by atoms with van der Waals surface area (Å²) in [5, 5.41) is 5.26. The highest BCUT2D eigenvalue weighted by Crippen LogP contribution is 2.24. The summed E-state index contributed by atoms with van der Waals surface area (Å²) < 4.78 is 10.1. The van der Waals surface area contributed by atoms with E-state index in [1.54, 1.807) is 12.3 Å². The number of hydrogen-bond donors (Lipinski definition) is 1. The SMILES string of the molecule is COC(=O)[C@H](Cc1ccccc1)NC(=O)Cc1csc(-c2ccco2)n1. The van der Waals surface area contributed by atoms with Gasteiger partial charge in [0.25, 0.3) is 0 Å². The minimum atomic E-state index is -0.738. The van der Waals surface area contributed by atoms with E-state index >= 15 is 0 Å². The number of ether oxygens (including phenoxy) is 1. The Kier molecular flexibility index (Phi) is 5.80. The summed E-state index contributed by atoms with van der Waals surface area (Å²) in [6, 6.07) is 12.3. The van der Waals surface area contributed by atoms with Gasteiger partial charge in [-0.2, -0.15) is 0 Å². The minimum absolute atomic E-state index is 0.0828. The van der Waals surface area contributed by atoms with Crippen molar-refractivity contribution in [2.75, 3.05) is 7.11 Å². The van der Waals surface area contributed by atoms with Gasteiger partial charge < -0.3 is 14.5 Å². The lowest BCUT2D eigenvalue weighted by molar-refractivity contribution is -0.145. The third-order valence-electron chi connectivity index (χ3n) is 3.73. The number of hydrogen-bond acceptors (Lipinski definition) is 6. The number of amides is 1. The maximum absolute atomic E-state index is 12.4. The summed E-state index contributed by atoms with van der Waals surface area (Å²) in [5.74, 6) is -0.0949. The van der Waals surface area contributed by atoms with E-state index in [1.807, 2.05) is 41.8 Å². The van der Waals surface area contributed by atoms with Crippen LogP contribution in [0.15, 0.2) is 58.5 Å². The van der Waals surface area contributed by atoms with Gasteiger partial charge in [0.2, 0.25) is 5.91 Å². The fourth-order valence-electron chi connectivity index (χ4n) is 2.50. The van der Waals surface area contributed by atoms with E-state index in [2.05, 4.69) is 10.3 Å². The molecule has 0 aliphatic heterocycles. The average molecular weight is 370 g/mol. The summed E-state index contributed by atoms with van der Waals surface area (Å²) >= 11 is 1.41. The third kappa shape index (κ3) is 4.58. The molecule has 2 heterocycles. The Morgan fingerprint density at radius 1 is 1.23 bits per heavy atom. The van der Waals surface area contributed by atoms with Crippen LogP contribution in [0.2, 0.25) is 0 Å². The molecule has 0 radical (unpaired) electrons. The highest BCUT2D eigenvalue weighted by Gasteiger charge is 2.22. The lowest BCUT2D eigenvalue weighted by atomic mass is 10.1. The molecule has 3 rings (SSSR count). The Balaban J connectivity index is 1.63. The molecule has 26 heavy (non-hydrogen) atoms. The smallest absolute Gasteiger partial charge is 0.328 e. The van der Waals surface area contributed by atoms with Gasteiger partial charge in [-0.25, -0.2) is 9.78 Å². The van der Waals surface area contributed by atoms with Gasteiger partial charge in [-0.15, -0.1) is 11.3 Å². The number of esters is 1. The number of thiazole rings is 1. The number of carbonyl (C=O) groups is 2. The van der Waals surface area contributed by atoms with E-state index in [-0.39, 0.29) is 12.3 Å². The van der Waals surface area contributed by atoms with Crippen LogP contribution in [0.4, 0.5) is 0 Å². The molecule has 1 amide bonds. The zero-order valence-corrected chi connectivity index (χ0v) is 15.0. The molecule has 0 aliphatic rings. The van der Waals surface area contributed by atoms with Crippen molar-refractivity contribution < 1.29 is 18.7 Å². The molecule has 0 spiro atoms. The number of carbonyl (C=O) groups excluding carboxylic acids is 2. The molecule has 134 valence electrons. The van der Waals surface area contributed by atoms with Gasteiger partial charge in [0.1, 0.15) is 6.04 Å². The summed E-state index contributed by atoms with van der Waals surface area (Å²) in [4.78, 5) is 28.7. The molecule has 1 atom stereocenters. The first kappa shape index (κ1) is 17.9. The monoisotopic (exact) mass is 370 g/mol. The van der Waals surface area contributed by atoms with Gasteiger partial charge >= 0.3 is 5.97 Å². The van der Waals surface area contributed by atoms with Crippen molar-refractivity contribution in [3.8, 4) is 10.8 Å². The number of benzene rings is 1. The van der Waals surface area contributed by atoms with E-state index in [0.29, 0.717) is 22.9 Å². The average Bonchev–Trinajstić information content (AvgIpc) is 3.33. The fourth-order valence-corrected chi connectivity index (χ4v) is 3.28. The van der Waals surface area contributed by atoms with Gasteiger partial charge in [-0.1, -0.05) is 30.3 Å². The molecule has 6 nitrogen and oxygen atoms in total. The number of nitrogens with zero attached hydrogens (tertiary/aromatic N) is 1. The second kappa shape index (κ2) is 8.44. The number of nitrogens with one attached hydrogen (secondary N) is 1. The fraction of sp³-hybridized carbons (Fsp3) is 0.211. The van der Waals surface area contributed by atoms with Crippen molar-refractivity contribution in [1.82, 2.24) is 10.3 Å². The highest BCUT2D eigenvalue weighted by atomic mass is 32.1. The van der Waals surface area contributed by atoms with E-state index in [0.717, 1.165) is 5.56 Å². The predicted molar refractivity (Wildman–Crippen MR) is 97.6 cm³/mol. The maximum Gasteiger partial charge on any atom is 0.328 e. The van der Waals surface area contributed by atoms with Gasteiger partial charge in [0.15, 0.2) is 10.8 Å². The van der Waals surface area contributed by atoms with Crippen molar-refractivity contribution in [3.05, 3.63) is 65.4 Å². The van der Waals surface area contributed by atoms with E-state index in [9.17, 15) is 9.59 Å². The summed E-state index contributed by atoms with van der Waals surface area (Å²) in [6.07, 6.45) is 2.03. The Hall–Kier alpha value is -2.93. The van der Waals surface area contributed by atoms with Gasteiger partial charge in [0, 0.05) is 11.8 Å². The quantitative estimate of drug-likeness (QED) is 0.647. The van der Waals surface area contributed by atoms with Crippen LogP contribution >= 0.6 is 11.3 Å². The Morgan fingerprint density at radius 2 is 2.04 bits per heavy atom. The topological polar surface area (TPSA) is 81.4 Å². The van der Waals surface area contributed by atoms with Crippen molar-refractivity contribution in [1.29, 1.82) is 0 Å². The first-order valence-electron chi connectivity index (χ1n) is 8.05. The maximum atomic E-state index is 12.4. The third-order valence-corrected chi connectivity index (χ3v) is 4.63. The molecular weight excluding hydrogens is 352 g/mol. The zero-order valence-electron chi connectivity index (χ0n) is 14.2. The van der Waals surface area contributed by atoms with Crippen molar-refractivity contribution in [2.24, 2.45) is 0 Å². The molecule has 1 N–H and O–H groups in total. The number of aromatic nitrogens is 1. The molecule has 1 aromatic carbocycles. The van der Waals surface area contributed by atoms with Gasteiger partial charge in [-0.05, 0) is 17.7 Å². The first-order chi connectivity index (χ1) is 12.7. The van der Waals surface area contributed by atoms with Crippen LogP contribution in [0.5, 0.6) is 0 Å². The van der Waals surface area contributed by atoms with Gasteiger partial charge in [-0.3, -0.25) is 4.79 Å². The minimum Gasteiger partial charge on any atom is -0.467 e. The molecule has 0 fully saturated rings. The zero-order chi connectivity index (χ0) is 18.4. The van der Waals surface area contributed by atoms with Crippen LogP contribution in [0, 0.1) is 0 Å². The van der Waals surface area contributed by atoms with Crippen LogP contribution in [0.1, 0.15) is 11.3 Å². The van der Waals surface area contributed by atoms with E-state index < -0.39 is 12.0 Å². The molecular formula is C19H18N2O4S. The predicted octanol–water partition coefficient (Wildman–Crippen LogP) is 2.85. The molecule has 0 bridgehead atoms. The molecule has 7 heteroatoms. The normalized spacial score (nSPS) is 11.7. The van der Waals surface area contributed by atoms with Crippen molar-refractivity contribution in [2.45, 2.75) is 18.9 Å². The van der Waals surface area contributed by atoms with E-state index in [4.69, 9.17) is 9.15 Å². The number of methoxy groups -OCH3 is 1. The van der Waals surface area contributed by atoms with Gasteiger partial charge in [0.05, 0.1) is 25.5 Å². The molecule has 2 aromatic heterocycles. The van der Waals surface area contributed by atoms with Crippen LogP contribution in [0.3, 0.4) is 0 Å². The Labute approximate surface area is 154 Å². The van der Waals surface area contributed by atoms with Crippen molar-refractivity contribution >= 4 is 23.2 Å². The molecule has 0 unspecified atom stereocenters. The van der Waals surface area contributed by atoms with E-state index in [1.165, 1.54) is 18.4 Å². The first-order valence-corrected chi connectivity index (χ1v) is 8.93. The molecule has 3 aromatic rings. The Morgan fingerprint density at radius 3 is 2.73 bits per heavy atom. The second-order valence-electron chi connectivity index (χ2n) is 5.63. The number of furan rings is 1. The highest BCUT2D eigenvalue weighted by molar-refractivity contribution is 7.13. The number of rotatable bonds is 7. The second-order valence-corrected chi connectivity index (χ2v) is 6.49. The van der Waals surface area contributed by atoms with Crippen LogP contribution < -0.4 is 5.32 Å². The van der Waals surface area contributed by atoms with Crippen LogP contribution in [-0.4, -0.2) is 30.0 Å². The Bertz CT molecular complexity index is 859. The van der Waals surface area contributed by atoms with Crippen molar-refractivity contribution in [3.63, 3.8) is 0 Å². The summed E-state index contributed by atoms with van der Waals surface area (Å²) in [6.45, 7) is 0. The molecule has 0 aliphatic carbocycles. The summed E-state index contributed by atoms with van der Waals surface area (Å²) in [5.41, 5.74) is 1.57. The largest absolute Gasteiger partial charge is 0.467 e. The molecule has 0 saturated heterocycles. The standard InChI is InChI=1S/C19H18N2O4S/c1-24-19(23)15(10-13-6-3-2-4-7-13)21-17(22)11-14-12-26-18(20-14)16-8-5-9-25-16/h2-9,12,15H,10-11H2,1H3,(H,21,22)/t15-/m0/s1. The molecule has 0 saturated carbocycles.